The molecule has 1 heterocycles. The zero-order valence-electron chi connectivity index (χ0n) is 16.8. The average Bonchev–Trinajstić information content (AvgIpc) is 2.62. The van der Waals surface area contributed by atoms with Crippen molar-refractivity contribution in [2.24, 2.45) is 10.8 Å². The number of rotatable bonds is 2. The van der Waals surface area contributed by atoms with Crippen LogP contribution in [0.5, 0.6) is 0 Å². The minimum atomic E-state index is -0.347. The van der Waals surface area contributed by atoms with E-state index in [1.165, 1.54) is 12.0 Å². The predicted octanol–water partition coefficient (Wildman–Crippen LogP) is 5.54. The van der Waals surface area contributed by atoms with Crippen LogP contribution in [0.1, 0.15) is 63.4 Å². The number of carbonyl (C=O) groups is 1. The number of fused-ring (bicyclic) bond motifs is 1. The van der Waals surface area contributed by atoms with Crippen molar-refractivity contribution in [3.05, 3.63) is 53.2 Å². The van der Waals surface area contributed by atoms with Gasteiger partial charge < -0.3 is 4.74 Å². The molecule has 0 radical (unpaired) electrons. The Kier molecular flexibility index (Phi) is 5.11. The molecule has 0 saturated heterocycles. The van der Waals surface area contributed by atoms with Gasteiger partial charge in [-0.2, -0.15) is 0 Å². The third-order valence-corrected chi connectivity index (χ3v) is 5.19. The first-order valence-electron chi connectivity index (χ1n) is 9.52. The Morgan fingerprint density at radius 3 is 2.67 bits per heavy atom. The highest BCUT2D eigenvalue weighted by Gasteiger charge is 2.32. The SMILES string of the molecule is CCOC(=O)c1cnc2ccc(C#CC3=CC(C)(C)CCC3(C)C)cc2c1. The van der Waals surface area contributed by atoms with Crippen LogP contribution in [0.4, 0.5) is 0 Å². The van der Waals surface area contributed by atoms with Crippen LogP contribution in [-0.2, 0) is 4.74 Å². The first kappa shape index (κ1) is 19.2. The first-order valence-corrected chi connectivity index (χ1v) is 9.52. The van der Waals surface area contributed by atoms with Crippen LogP contribution in [0.2, 0.25) is 0 Å². The molecule has 0 N–H and O–H groups in total. The second-order valence-corrected chi connectivity index (χ2v) is 8.53. The van der Waals surface area contributed by atoms with E-state index in [9.17, 15) is 4.79 Å². The fourth-order valence-corrected chi connectivity index (χ4v) is 3.31. The van der Waals surface area contributed by atoms with Gasteiger partial charge in [-0.1, -0.05) is 45.6 Å². The van der Waals surface area contributed by atoms with Crippen LogP contribution >= 0.6 is 0 Å². The molecule has 3 heteroatoms. The molecule has 0 saturated carbocycles. The fraction of sp³-hybridized carbons (Fsp3) is 0.417. The highest BCUT2D eigenvalue weighted by atomic mass is 16.5. The van der Waals surface area contributed by atoms with Gasteiger partial charge in [0.05, 0.1) is 17.7 Å². The summed E-state index contributed by atoms with van der Waals surface area (Å²) >= 11 is 0. The van der Waals surface area contributed by atoms with E-state index in [4.69, 9.17) is 4.74 Å². The van der Waals surface area contributed by atoms with E-state index in [1.54, 1.807) is 13.1 Å². The molecule has 1 aromatic carbocycles. The van der Waals surface area contributed by atoms with Gasteiger partial charge in [0.15, 0.2) is 0 Å². The molecular weight excluding hydrogens is 334 g/mol. The molecule has 1 aromatic heterocycles. The molecule has 27 heavy (non-hydrogen) atoms. The lowest BCUT2D eigenvalue weighted by Crippen LogP contribution is -2.25. The molecule has 0 fully saturated rings. The maximum Gasteiger partial charge on any atom is 0.339 e. The number of hydrogen-bond acceptors (Lipinski definition) is 3. The number of esters is 1. The monoisotopic (exact) mass is 361 g/mol. The Labute approximate surface area is 161 Å². The van der Waals surface area contributed by atoms with Crippen LogP contribution in [0.15, 0.2) is 42.1 Å². The Hall–Kier alpha value is -2.60. The topological polar surface area (TPSA) is 39.2 Å². The van der Waals surface area contributed by atoms with Crippen molar-refractivity contribution in [2.45, 2.75) is 47.5 Å². The number of nitrogens with zero attached hydrogens (tertiary/aromatic N) is 1. The van der Waals surface area contributed by atoms with Crippen molar-refractivity contribution in [1.82, 2.24) is 4.98 Å². The van der Waals surface area contributed by atoms with Gasteiger partial charge in [-0.15, -0.1) is 0 Å². The number of benzene rings is 1. The van der Waals surface area contributed by atoms with Gasteiger partial charge in [0.1, 0.15) is 0 Å². The van der Waals surface area contributed by atoms with Gasteiger partial charge in [0.25, 0.3) is 0 Å². The van der Waals surface area contributed by atoms with E-state index < -0.39 is 0 Å². The molecule has 0 aliphatic heterocycles. The van der Waals surface area contributed by atoms with E-state index in [1.807, 2.05) is 24.3 Å². The second-order valence-electron chi connectivity index (χ2n) is 8.53. The van der Waals surface area contributed by atoms with E-state index in [0.717, 1.165) is 22.9 Å². The molecule has 0 spiro atoms. The quantitative estimate of drug-likeness (QED) is 0.521. The molecule has 140 valence electrons. The molecule has 3 rings (SSSR count). The zero-order valence-corrected chi connectivity index (χ0v) is 16.8. The van der Waals surface area contributed by atoms with Gasteiger partial charge in [0.2, 0.25) is 0 Å². The predicted molar refractivity (Wildman–Crippen MR) is 109 cm³/mol. The number of pyridine rings is 1. The van der Waals surface area contributed by atoms with Crippen molar-refractivity contribution < 1.29 is 9.53 Å². The van der Waals surface area contributed by atoms with Crippen LogP contribution in [-0.4, -0.2) is 17.6 Å². The second kappa shape index (κ2) is 7.19. The summed E-state index contributed by atoms with van der Waals surface area (Å²) < 4.78 is 5.06. The van der Waals surface area contributed by atoms with Crippen LogP contribution in [0.3, 0.4) is 0 Å². The Morgan fingerprint density at radius 2 is 1.93 bits per heavy atom. The number of carbonyl (C=O) groups excluding carboxylic acids is 1. The third kappa shape index (κ3) is 4.39. The summed E-state index contributed by atoms with van der Waals surface area (Å²) in [6.07, 6.45) is 6.21. The third-order valence-electron chi connectivity index (χ3n) is 5.19. The summed E-state index contributed by atoms with van der Waals surface area (Å²) in [6.45, 7) is 11.2. The molecule has 2 aromatic rings. The van der Waals surface area contributed by atoms with Crippen molar-refractivity contribution in [1.29, 1.82) is 0 Å². The van der Waals surface area contributed by atoms with Gasteiger partial charge in [-0.05, 0) is 54.9 Å². The fourth-order valence-electron chi connectivity index (χ4n) is 3.31. The number of hydrogen-bond donors (Lipinski definition) is 0. The smallest absolute Gasteiger partial charge is 0.339 e. The molecule has 3 nitrogen and oxygen atoms in total. The molecule has 1 aliphatic carbocycles. The largest absolute Gasteiger partial charge is 0.462 e. The Bertz CT molecular complexity index is 971. The number of allylic oxidation sites excluding steroid dienone is 2. The minimum absolute atomic E-state index is 0.109. The van der Waals surface area contributed by atoms with Crippen LogP contribution < -0.4 is 0 Å². The Balaban J connectivity index is 1.95. The van der Waals surface area contributed by atoms with Gasteiger partial charge >= 0.3 is 5.97 Å². The lowest BCUT2D eigenvalue weighted by Gasteiger charge is -2.36. The molecule has 0 amide bonds. The minimum Gasteiger partial charge on any atom is -0.462 e. The number of ether oxygens (including phenoxy) is 1. The van der Waals surface area contributed by atoms with Crippen molar-refractivity contribution in [3.8, 4) is 11.8 Å². The summed E-state index contributed by atoms with van der Waals surface area (Å²) in [6, 6.07) is 7.73. The molecule has 0 unspecified atom stereocenters. The lowest BCUT2D eigenvalue weighted by molar-refractivity contribution is 0.0526. The zero-order chi connectivity index (χ0) is 19.7. The number of aromatic nitrogens is 1. The van der Waals surface area contributed by atoms with Crippen LogP contribution in [0, 0.1) is 22.7 Å². The normalized spacial score (nSPS) is 17.6. The highest BCUT2D eigenvalue weighted by molar-refractivity contribution is 5.93. The lowest BCUT2D eigenvalue weighted by atomic mass is 9.68. The average molecular weight is 361 g/mol. The highest BCUT2D eigenvalue weighted by Crippen LogP contribution is 2.43. The van der Waals surface area contributed by atoms with E-state index in [2.05, 4.69) is 50.6 Å². The van der Waals surface area contributed by atoms with Gasteiger partial charge in [0, 0.05) is 22.7 Å². The van der Waals surface area contributed by atoms with Crippen molar-refractivity contribution in [2.75, 3.05) is 6.61 Å². The standard InChI is InChI=1S/C24H27NO2/c1-6-27-22(26)19-14-18-13-17(8-10-21(18)25-16-19)7-9-20-15-23(2,3)11-12-24(20,4)5/h8,10,13-16H,6,11-12H2,1-5H3. The Morgan fingerprint density at radius 1 is 1.15 bits per heavy atom. The maximum absolute atomic E-state index is 11.9. The molecule has 0 atom stereocenters. The first-order chi connectivity index (χ1) is 12.7. The van der Waals surface area contributed by atoms with E-state index in [-0.39, 0.29) is 16.8 Å². The van der Waals surface area contributed by atoms with Gasteiger partial charge in [-0.3, -0.25) is 4.98 Å². The van der Waals surface area contributed by atoms with E-state index in [0.29, 0.717) is 12.2 Å². The molecule has 0 bridgehead atoms. The van der Waals surface area contributed by atoms with Crippen molar-refractivity contribution >= 4 is 16.9 Å². The van der Waals surface area contributed by atoms with Crippen molar-refractivity contribution in [3.63, 3.8) is 0 Å². The van der Waals surface area contributed by atoms with E-state index >= 15 is 0 Å². The molecule has 1 aliphatic rings. The van der Waals surface area contributed by atoms with Crippen LogP contribution in [0.25, 0.3) is 10.9 Å². The maximum atomic E-state index is 11.9. The summed E-state index contributed by atoms with van der Waals surface area (Å²) in [5.74, 6) is 6.37. The summed E-state index contributed by atoms with van der Waals surface area (Å²) in [5, 5.41) is 0.893. The molecular formula is C24H27NO2. The summed E-state index contributed by atoms with van der Waals surface area (Å²) in [7, 11) is 0. The van der Waals surface area contributed by atoms with Gasteiger partial charge in [-0.25, -0.2) is 4.79 Å². The summed E-state index contributed by atoms with van der Waals surface area (Å²) in [4.78, 5) is 16.3. The summed E-state index contributed by atoms with van der Waals surface area (Å²) in [5.41, 5.74) is 3.74.